The number of thiophene rings is 1. The van der Waals surface area contributed by atoms with Crippen molar-refractivity contribution >= 4 is 34.0 Å². The van der Waals surface area contributed by atoms with Gasteiger partial charge in [-0.25, -0.2) is 0 Å². The Morgan fingerprint density at radius 1 is 1.35 bits per heavy atom. The van der Waals surface area contributed by atoms with Crippen LogP contribution < -0.4 is 10.6 Å². The second-order valence-corrected chi connectivity index (χ2v) is 7.28. The third kappa shape index (κ3) is 2.71. The Hall–Kier alpha value is -1.03. The molecule has 106 valence electrons. The van der Waals surface area contributed by atoms with Gasteiger partial charge in [0.15, 0.2) is 0 Å². The quantitative estimate of drug-likeness (QED) is 0.824. The van der Waals surface area contributed by atoms with Crippen LogP contribution in [0.3, 0.4) is 0 Å². The first-order valence-electron chi connectivity index (χ1n) is 6.96. The van der Waals surface area contributed by atoms with Crippen molar-refractivity contribution in [3.63, 3.8) is 0 Å². The van der Waals surface area contributed by atoms with Gasteiger partial charge in [-0.05, 0) is 31.2 Å². The van der Waals surface area contributed by atoms with E-state index in [1.807, 2.05) is 0 Å². The molecule has 1 atom stereocenters. The summed E-state index contributed by atoms with van der Waals surface area (Å²) in [5.74, 6) is 1.62. The molecule has 1 unspecified atom stereocenters. The third-order valence-corrected chi connectivity index (χ3v) is 5.95. The van der Waals surface area contributed by atoms with E-state index in [4.69, 9.17) is 0 Å². The molecule has 1 aromatic heterocycles. The molecule has 3 rings (SSSR count). The van der Waals surface area contributed by atoms with E-state index in [0.717, 1.165) is 35.9 Å². The standard InChI is InChI=1S/C14H17N3OS2/c15-6-10-9-4-2-1-3-5-12(9)20-14(10)17-13(18)11-7-19-8-16-11/h11,16H,1-5,7-8H2,(H,17,18). The van der Waals surface area contributed by atoms with Crippen LogP contribution in [0.15, 0.2) is 0 Å². The number of aryl methyl sites for hydroxylation is 1. The predicted octanol–water partition coefficient (Wildman–Crippen LogP) is 2.49. The molecule has 1 aliphatic heterocycles. The maximum atomic E-state index is 12.2. The maximum Gasteiger partial charge on any atom is 0.243 e. The summed E-state index contributed by atoms with van der Waals surface area (Å²) in [7, 11) is 0. The van der Waals surface area contributed by atoms with Gasteiger partial charge in [0.25, 0.3) is 0 Å². The predicted molar refractivity (Wildman–Crippen MR) is 83.2 cm³/mol. The van der Waals surface area contributed by atoms with Gasteiger partial charge in [-0.15, -0.1) is 23.1 Å². The van der Waals surface area contributed by atoms with Crippen molar-refractivity contribution in [3.05, 3.63) is 16.0 Å². The van der Waals surface area contributed by atoms with Gasteiger partial charge in [0, 0.05) is 16.5 Å². The number of rotatable bonds is 2. The van der Waals surface area contributed by atoms with Crippen LogP contribution in [-0.2, 0) is 17.6 Å². The number of amides is 1. The smallest absolute Gasteiger partial charge is 0.243 e. The molecule has 2 N–H and O–H groups in total. The molecule has 2 aliphatic rings. The summed E-state index contributed by atoms with van der Waals surface area (Å²) in [6, 6.07) is 2.17. The fourth-order valence-electron chi connectivity index (χ4n) is 2.71. The molecular formula is C14H17N3OS2. The van der Waals surface area contributed by atoms with Gasteiger partial charge in [-0.1, -0.05) is 6.42 Å². The molecule has 0 spiro atoms. The fourth-order valence-corrected chi connectivity index (χ4v) is 4.90. The number of hydrogen-bond acceptors (Lipinski definition) is 5. The van der Waals surface area contributed by atoms with Crippen LogP contribution in [0.5, 0.6) is 0 Å². The first kappa shape index (κ1) is 13.9. The highest BCUT2D eigenvalue weighted by Crippen LogP contribution is 2.37. The molecule has 4 nitrogen and oxygen atoms in total. The number of thioether (sulfide) groups is 1. The molecule has 1 saturated heterocycles. The Kier molecular flexibility index (Phi) is 4.29. The number of hydrogen-bond donors (Lipinski definition) is 2. The van der Waals surface area contributed by atoms with Crippen LogP contribution in [-0.4, -0.2) is 23.6 Å². The van der Waals surface area contributed by atoms with Crippen molar-refractivity contribution in [2.75, 3.05) is 16.9 Å². The maximum absolute atomic E-state index is 12.2. The normalized spacial score (nSPS) is 21.9. The van der Waals surface area contributed by atoms with Crippen LogP contribution in [0.1, 0.15) is 35.3 Å². The van der Waals surface area contributed by atoms with E-state index in [9.17, 15) is 10.1 Å². The summed E-state index contributed by atoms with van der Waals surface area (Å²) >= 11 is 3.33. The Labute approximate surface area is 126 Å². The minimum Gasteiger partial charge on any atom is -0.315 e. The highest BCUT2D eigenvalue weighted by atomic mass is 32.2. The van der Waals surface area contributed by atoms with Gasteiger partial charge in [0.1, 0.15) is 11.1 Å². The van der Waals surface area contributed by atoms with Crippen LogP contribution in [0.2, 0.25) is 0 Å². The van der Waals surface area contributed by atoms with Crippen molar-refractivity contribution in [3.8, 4) is 6.07 Å². The Morgan fingerprint density at radius 3 is 2.95 bits per heavy atom. The molecule has 0 aromatic carbocycles. The second kappa shape index (κ2) is 6.17. The number of carbonyl (C=O) groups excluding carboxylic acids is 1. The van der Waals surface area contributed by atoms with Crippen LogP contribution in [0.25, 0.3) is 0 Å². The Bertz CT molecular complexity index is 556. The summed E-state index contributed by atoms with van der Waals surface area (Å²) in [6.45, 7) is 0. The van der Waals surface area contributed by atoms with Gasteiger partial charge >= 0.3 is 0 Å². The van der Waals surface area contributed by atoms with E-state index in [0.29, 0.717) is 5.56 Å². The first-order valence-corrected chi connectivity index (χ1v) is 8.93. The summed E-state index contributed by atoms with van der Waals surface area (Å²) < 4.78 is 0. The third-order valence-electron chi connectivity index (χ3n) is 3.80. The summed E-state index contributed by atoms with van der Waals surface area (Å²) in [6.07, 6.45) is 5.58. The van der Waals surface area contributed by atoms with Crippen LogP contribution >= 0.6 is 23.1 Å². The molecule has 20 heavy (non-hydrogen) atoms. The lowest BCUT2D eigenvalue weighted by Gasteiger charge is -2.09. The van der Waals surface area contributed by atoms with Crippen molar-refractivity contribution in [1.82, 2.24) is 5.32 Å². The number of nitrogens with one attached hydrogen (secondary N) is 2. The lowest BCUT2D eigenvalue weighted by molar-refractivity contribution is -0.117. The van der Waals surface area contributed by atoms with E-state index in [1.165, 1.54) is 23.3 Å². The zero-order valence-electron chi connectivity index (χ0n) is 11.2. The fraction of sp³-hybridized carbons (Fsp3) is 0.571. The average Bonchev–Trinajstić information content (AvgIpc) is 3.02. The van der Waals surface area contributed by atoms with E-state index < -0.39 is 0 Å². The molecular weight excluding hydrogens is 290 g/mol. The van der Waals surface area contributed by atoms with E-state index in [1.54, 1.807) is 23.1 Å². The zero-order chi connectivity index (χ0) is 13.9. The van der Waals surface area contributed by atoms with E-state index in [-0.39, 0.29) is 11.9 Å². The second-order valence-electron chi connectivity index (χ2n) is 5.14. The van der Waals surface area contributed by atoms with Gasteiger partial charge in [0.05, 0.1) is 11.6 Å². The Morgan fingerprint density at radius 2 is 2.20 bits per heavy atom. The average molecular weight is 307 g/mol. The molecule has 2 heterocycles. The minimum absolute atomic E-state index is 0.0112. The topological polar surface area (TPSA) is 64.9 Å². The zero-order valence-corrected chi connectivity index (χ0v) is 12.8. The molecule has 0 radical (unpaired) electrons. The van der Waals surface area contributed by atoms with Crippen molar-refractivity contribution < 1.29 is 4.79 Å². The highest BCUT2D eigenvalue weighted by molar-refractivity contribution is 7.99. The van der Waals surface area contributed by atoms with Crippen molar-refractivity contribution in [2.24, 2.45) is 0 Å². The monoisotopic (exact) mass is 307 g/mol. The molecule has 1 fully saturated rings. The number of anilines is 1. The number of nitriles is 1. The van der Waals surface area contributed by atoms with Crippen LogP contribution in [0.4, 0.5) is 5.00 Å². The molecule has 1 aromatic rings. The first-order chi connectivity index (χ1) is 9.79. The van der Waals surface area contributed by atoms with Gasteiger partial charge < -0.3 is 5.32 Å². The molecule has 1 aliphatic carbocycles. The van der Waals surface area contributed by atoms with Crippen molar-refractivity contribution in [2.45, 2.75) is 38.1 Å². The van der Waals surface area contributed by atoms with Gasteiger partial charge in [-0.3, -0.25) is 10.1 Å². The van der Waals surface area contributed by atoms with E-state index in [2.05, 4.69) is 16.7 Å². The Balaban J connectivity index is 1.82. The molecule has 1 amide bonds. The summed E-state index contributed by atoms with van der Waals surface area (Å²) in [4.78, 5) is 13.5. The van der Waals surface area contributed by atoms with E-state index >= 15 is 0 Å². The minimum atomic E-state index is -0.131. The van der Waals surface area contributed by atoms with Gasteiger partial charge in [-0.2, -0.15) is 5.26 Å². The highest BCUT2D eigenvalue weighted by Gasteiger charge is 2.26. The lowest BCUT2D eigenvalue weighted by Crippen LogP contribution is -2.37. The number of carbonyl (C=O) groups is 1. The molecule has 0 bridgehead atoms. The number of fused-ring (bicyclic) bond motifs is 1. The summed E-state index contributed by atoms with van der Waals surface area (Å²) in [5, 5.41) is 16.3. The lowest BCUT2D eigenvalue weighted by atomic mass is 10.1. The van der Waals surface area contributed by atoms with Crippen LogP contribution in [0, 0.1) is 11.3 Å². The number of nitrogens with zero attached hydrogens (tertiary/aromatic N) is 1. The molecule has 6 heteroatoms. The van der Waals surface area contributed by atoms with Crippen molar-refractivity contribution in [1.29, 1.82) is 5.26 Å². The molecule has 0 saturated carbocycles. The SMILES string of the molecule is N#Cc1c(NC(=O)C2CSCN2)sc2c1CCCCC2. The summed E-state index contributed by atoms with van der Waals surface area (Å²) in [5.41, 5.74) is 1.88. The largest absolute Gasteiger partial charge is 0.315 e. The van der Waals surface area contributed by atoms with Gasteiger partial charge in [0.2, 0.25) is 5.91 Å².